The third-order valence-electron chi connectivity index (χ3n) is 4.44. The maximum atomic E-state index is 9.72. The van der Waals surface area contributed by atoms with E-state index in [2.05, 4.69) is 10.2 Å². The van der Waals surface area contributed by atoms with Crippen molar-refractivity contribution in [2.75, 3.05) is 7.11 Å². The van der Waals surface area contributed by atoms with Crippen molar-refractivity contribution in [2.45, 2.75) is 0 Å². The fraction of sp³-hybridized carbons (Fsp3) is 0.0435. The van der Waals surface area contributed by atoms with Gasteiger partial charge in [-0.2, -0.15) is 5.10 Å². The van der Waals surface area contributed by atoms with E-state index in [0.717, 1.165) is 22.5 Å². The second kappa shape index (κ2) is 8.67. The Morgan fingerprint density at radius 3 is 2.47 bits per heavy atom. The van der Waals surface area contributed by atoms with Gasteiger partial charge in [-0.3, -0.25) is 4.57 Å². The van der Waals surface area contributed by atoms with Gasteiger partial charge in [0.15, 0.2) is 11.5 Å². The summed E-state index contributed by atoms with van der Waals surface area (Å²) in [4.78, 5) is 0.682. The summed E-state index contributed by atoms with van der Waals surface area (Å²) < 4.78 is 7.12. The van der Waals surface area contributed by atoms with Gasteiger partial charge in [0.1, 0.15) is 5.75 Å². The standard InChI is InChI=1S/C23H19N3O3S/c1-29-22-13-16(7-12-21(22)28)14-24-25-23-26(18-8-10-19(27)11-9-18)20(15-30-23)17-5-3-2-4-6-17/h2-15,27-28H,1H3/b24-14+,25-23+. The van der Waals surface area contributed by atoms with Crippen LogP contribution in [0.15, 0.2) is 88.4 Å². The van der Waals surface area contributed by atoms with Crippen LogP contribution < -0.4 is 9.54 Å². The molecule has 0 aliphatic rings. The fourth-order valence-corrected chi connectivity index (χ4v) is 3.82. The van der Waals surface area contributed by atoms with Gasteiger partial charge in [-0.1, -0.05) is 30.3 Å². The summed E-state index contributed by atoms with van der Waals surface area (Å²) in [6, 6.07) is 21.9. The lowest BCUT2D eigenvalue weighted by Gasteiger charge is -2.09. The van der Waals surface area contributed by atoms with Gasteiger partial charge in [-0.05, 0) is 53.6 Å². The van der Waals surface area contributed by atoms with E-state index < -0.39 is 0 Å². The SMILES string of the molecule is COc1cc(/C=N/N=c2/scc(-c3ccccc3)n2-c2ccc(O)cc2)ccc1O. The highest BCUT2D eigenvalue weighted by molar-refractivity contribution is 7.07. The van der Waals surface area contributed by atoms with Gasteiger partial charge in [0.05, 0.1) is 19.0 Å². The molecule has 2 N–H and O–H groups in total. The number of ether oxygens (including phenoxy) is 1. The number of aromatic hydroxyl groups is 2. The number of methoxy groups -OCH3 is 1. The molecule has 150 valence electrons. The number of phenols is 2. The summed E-state index contributed by atoms with van der Waals surface area (Å²) in [6.07, 6.45) is 1.60. The molecule has 0 fully saturated rings. The lowest BCUT2D eigenvalue weighted by Crippen LogP contribution is -2.13. The number of aromatic nitrogens is 1. The first-order valence-corrected chi connectivity index (χ1v) is 10.0. The van der Waals surface area contributed by atoms with Crippen LogP contribution in [0.3, 0.4) is 0 Å². The van der Waals surface area contributed by atoms with Crippen molar-refractivity contribution in [3.8, 4) is 34.2 Å². The molecular weight excluding hydrogens is 398 g/mol. The average Bonchev–Trinajstić information content (AvgIpc) is 3.20. The van der Waals surface area contributed by atoms with Gasteiger partial charge in [0, 0.05) is 11.1 Å². The molecule has 6 nitrogen and oxygen atoms in total. The smallest absolute Gasteiger partial charge is 0.215 e. The molecule has 30 heavy (non-hydrogen) atoms. The summed E-state index contributed by atoms with van der Waals surface area (Å²) in [7, 11) is 1.50. The van der Waals surface area contributed by atoms with E-state index in [4.69, 9.17) is 4.74 Å². The molecule has 4 aromatic rings. The van der Waals surface area contributed by atoms with E-state index in [1.54, 1.807) is 36.5 Å². The van der Waals surface area contributed by atoms with E-state index in [0.29, 0.717) is 10.6 Å². The molecule has 0 spiro atoms. The van der Waals surface area contributed by atoms with Crippen molar-refractivity contribution >= 4 is 17.6 Å². The number of nitrogens with zero attached hydrogens (tertiary/aromatic N) is 3. The highest BCUT2D eigenvalue weighted by Crippen LogP contribution is 2.26. The number of thiazole rings is 1. The highest BCUT2D eigenvalue weighted by atomic mass is 32.1. The van der Waals surface area contributed by atoms with Gasteiger partial charge in [0.2, 0.25) is 4.80 Å². The molecule has 1 heterocycles. The van der Waals surface area contributed by atoms with Gasteiger partial charge in [-0.15, -0.1) is 16.4 Å². The monoisotopic (exact) mass is 417 g/mol. The lowest BCUT2D eigenvalue weighted by molar-refractivity contribution is 0.373. The molecule has 0 amide bonds. The van der Waals surface area contributed by atoms with E-state index in [1.807, 2.05) is 52.4 Å². The Labute approximate surface area is 177 Å². The minimum Gasteiger partial charge on any atom is -0.508 e. The van der Waals surface area contributed by atoms with Gasteiger partial charge in [0.25, 0.3) is 0 Å². The van der Waals surface area contributed by atoms with Crippen LogP contribution >= 0.6 is 11.3 Å². The lowest BCUT2D eigenvalue weighted by atomic mass is 10.1. The summed E-state index contributed by atoms with van der Waals surface area (Å²) >= 11 is 1.47. The molecule has 0 aliphatic heterocycles. The third-order valence-corrected chi connectivity index (χ3v) is 5.26. The Bertz CT molecular complexity index is 1240. The molecule has 0 atom stereocenters. The van der Waals surface area contributed by atoms with E-state index >= 15 is 0 Å². The van der Waals surface area contributed by atoms with Crippen molar-refractivity contribution in [1.29, 1.82) is 0 Å². The molecule has 0 saturated carbocycles. The Morgan fingerprint density at radius 2 is 1.73 bits per heavy atom. The number of benzene rings is 3. The van der Waals surface area contributed by atoms with Crippen LogP contribution in [-0.2, 0) is 0 Å². The molecule has 0 bridgehead atoms. The number of rotatable bonds is 5. The quantitative estimate of drug-likeness (QED) is 0.369. The summed E-state index contributed by atoms with van der Waals surface area (Å²) in [6.45, 7) is 0. The molecule has 3 aromatic carbocycles. The molecule has 0 aliphatic carbocycles. The zero-order chi connectivity index (χ0) is 20.9. The van der Waals surface area contributed by atoms with E-state index in [1.165, 1.54) is 18.4 Å². The second-order valence-corrected chi connectivity index (χ2v) is 7.23. The molecule has 0 radical (unpaired) electrons. The molecule has 7 heteroatoms. The Balaban J connectivity index is 1.78. The molecule has 4 rings (SSSR count). The van der Waals surface area contributed by atoms with Crippen LogP contribution in [0.2, 0.25) is 0 Å². The van der Waals surface area contributed by atoms with Crippen molar-refractivity contribution in [3.05, 3.63) is 88.5 Å². The van der Waals surface area contributed by atoms with Crippen molar-refractivity contribution < 1.29 is 14.9 Å². The zero-order valence-corrected chi connectivity index (χ0v) is 17.0. The fourth-order valence-electron chi connectivity index (χ4n) is 2.96. The predicted octanol–water partition coefficient (Wildman–Crippen LogP) is 4.56. The van der Waals surface area contributed by atoms with Crippen LogP contribution in [0.4, 0.5) is 0 Å². The van der Waals surface area contributed by atoms with Gasteiger partial charge >= 0.3 is 0 Å². The largest absolute Gasteiger partial charge is 0.508 e. The van der Waals surface area contributed by atoms with Crippen LogP contribution in [0.1, 0.15) is 5.56 Å². The first-order valence-electron chi connectivity index (χ1n) is 9.15. The Hall–Kier alpha value is -3.84. The van der Waals surface area contributed by atoms with Crippen LogP contribution in [-0.4, -0.2) is 28.1 Å². The summed E-state index contributed by atoms with van der Waals surface area (Å²) in [5.41, 5.74) is 3.65. The third kappa shape index (κ3) is 4.11. The summed E-state index contributed by atoms with van der Waals surface area (Å²) in [5, 5.41) is 30.0. The van der Waals surface area contributed by atoms with Gasteiger partial charge < -0.3 is 14.9 Å². The predicted molar refractivity (Wildman–Crippen MR) is 119 cm³/mol. The molecular formula is C23H19N3O3S. The van der Waals surface area contributed by atoms with Crippen molar-refractivity contribution in [1.82, 2.24) is 4.57 Å². The molecule has 0 saturated heterocycles. The van der Waals surface area contributed by atoms with Crippen LogP contribution in [0.25, 0.3) is 16.9 Å². The Morgan fingerprint density at radius 1 is 0.967 bits per heavy atom. The number of phenolic OH excluding ortho intramolecular Hbond substituents is 2. The van der Waals surface area contributed by atoms with Gasteiger partial charge in [-0.25, -0.2) is 0 Å². The van der Waals surface area contributed by atoms with E-state index in [-0.39, 0.29) is 11.5 Å². The molecule has 1 aromatic heterocycles. The number of hydrogen-bond donors (Lipinski definition) is 2. The van der Waals surface area contributed by atoms with Crippen molar-refractivity contribution in [3.63, 3.8) is 0 Å². The maximum absolute atomic E-state index is 9.72. The average molecular weight is 417 g/mol. The van der Waals surface area contributed by atoms with Crippen LogP contribution in [0.5, 0.6) is 17.2 Å². The topological polar surface area (TPSA) is 79.3 Å². The van der Waals surface area contributed by atoms with E-state index in [9.17, 15) is 10.2 Å². The zero-order valence-electron chi connectivity index (χ0n) is 16.1. The van der Waals surface area contributed by atoms with Crippen LogP contribution in [0, 0.1) is 0 Å². The minimum atomic E-state index is 0.0718. The summed E-state index contributed by atoms with van der Waals surface area (Å²) in [5.74, 6) is 0.650. The second-order valence-electron chi connectivity index (χ2n) is 6.40. The highest BCUT2D eigenvalue weighted by Gasteiger charge is 2.10. The first-order chi connectivity index (χ1) is 14.7. The number of hydrogen-bond acceptors (Lipinski definition) is 6. The molecule has 0 unspecified atom stereocenters. The minimum absolute atomic E-state index is 0.0718. The maximum Gasteiger partial charge on any atom is 0.215 e. The van der Waals surface area contributed by atoms with Crippen molar-refractivity contribution in [2.24, 2.45) is 10.2 Å². The Kier molecular flexibility index (Phi) is 5.63. The first kappa shape index (κ1) is 19.5. The normalized spacial score (nSPS) is 11.8.